The Bertz CT molecular complexity index is 400. The van der Waals surface area contributed by atoms with E-state index in [-0.39, 0.29) is 24.5 Å². The second-order valence-corrected chi connectivity index (χ2v) is 4.64. The molecule has 1 aliphatic rings. The van der Waals surface area contributed by atoms with Crippen LogP contribution in [0.2, 0.25) is 0 Å². The van der Waals surface area contributed by atoms with E-state index < -0.39 is 0 Å². The summed E-state index contributed by atoms with van der Waals surface area (Å²) in [5, 5.41) is 0. The molecule has 0 bridgehead atoms. The van der Waals surface area contributed by atoms with E-state index in [4.69, 9.17) is 9.47 Å². The third-order valence-corrected chi connectivity index (χ3v) is 3.27. The standard InChI is InChI=1S/C14H19NO3.ClH/c1-15-9-7-13(8-10-15)18-14(16)11-3-5-12(17-2)6-4-11;/h3-6,13H,7-10H2,1-2H3;1H. The van der Waals surface area contributed by atoms with Crippen molar-refractivity contribution in [1.29, 1.82) is 0 Å². The Labute approximate surface area is 120 Å². The molecule has 1 aliphatic heterocycles. The lowest BCUT2D eigenvalue weighted by Crippen LogP contribution is -2.35. The Kier molecular flexibility index (Phi) is 6.12. The normalized spacial score (nSPS) is 16.5. The van der Waals surface area contributed by atoms with Crippen LogP contribution in [0.4, 0.5) is 0 Å². The van der Waals surface area contributed by atoms with E-state index in [1.807, 2.05) is 0 Å². The Balaban J connectivity index is 0.00000180. The van der Waals surface area contributed by atoms with Gasteiger partial charge in [0, 0.05) is 13.1 Å². The maximum absolute atomic E-state index is 11.9. The molecular weight excluding hydrogens is 266 g/mol. The lowest BCUT2D eigenvalue weighted by Gasteiger charge is -2.28. The number of ether oxygens (including phenoxy) is 2. The summed E-state index contributed by atoms with van der Waals surface area (Å²) in [6, 6.07) is 7.00. The van der Waals surface area contributed by atoms with E-state index in [0.29, 0.717) is 5.56 Å². The monoisotopic (exact) mass is 285 g/mol. The van der Waals surface area contributed by atoms with Crippen LogP contribution in [-0.2, 0) is 4.74 Å². The second kappa shape index (κ2) is 7.36. The fourth-order valence-corrected chi connectivity index (χ4v) is 2.05. The minimum atomic E-state index is -0.243. The van der Waals surface area contributed by atoms with Crippen molar-refractivity contribution in [3.63, 3.8) is 0 Å². The fraction of sp³-hybridized carbons (Fsp3) is 0.500. The topological polar surface area (TPSA) is 38.8 Å². The molecule has 0 unspecified atom stereocenters. The van der Waals surface area contributed by atoms with Crippen molar-refractivity contribution in [2.24, 2.45) is 0 Å². The van der Waals surface area contributed by atoms with Gasteiger partial charge in [-0.05, 0) is 44.2 Å². The highest BCUT2D eigenvalue weighted by Gasteiger charge is 2.20. The molecule has 5 heteroatoms. The summed E-state index contributed by atoms with van der Waals surface area (Å²) in [7, 11) is 3.69. The molecule has 0 atom stereocenters. The van der Waals surface area contributed by atoms with Crippen molar-refractivity contribution >= 4 is 18.4 Å². The first-order valence-electron chi connectivity index (χ1n) is 6.22. The number of carbonyl (C=O) groups is 1. The van der Waals surface area contributed by atoms with Gasteiger partial charge in [0.1, 0.15) is 11.9 Å². The van der Waals surface area contributed by atoms with Crippen LogP contribution in [0, 0.1) is 0 Å². The van der Waals surface area contributed by atoms with E-state index >= 15 is 0 Å². The van der Waals surface area contributed by atoms with Crippen LogP contribution in [-0.4, -0.2) is 44.2 Å². The summed E-state index contributed by atoms with van der Waals surface area (Å²) in [5.41, 5.74) is 0.578. The van der Waals surface area contributed by atoms with Gasteiger partial charge in [-0.3, -0.25) is 0 Å². The molecule has 1 fully saturated rings. The first kappa shape index (κ1) is 15.8. The van der Waals surface area contributed by atoms with Gasteiger partial charge in [0.05, 0.1) is 12.7 Å². The molecule has 1 saturated heterocycles. The van der Waals surface area contributed by atoms with Gasteiger partial charge >= 0.3 is 5.97 Å². The smallest absolute Gasteiger partial charge is 0.338 e. The Morgan fingerprint density at radius 3 is 2.32 bits per heavy atom. The number of hydrogen-bond acceptors (Lipinski definition) is 4. The SMILES string of the molecule is COc1ccc(C(=O)OC2CCN(C)CC2)cc1.Cl. The molecule has 0 aromatic heterocycles. The van der Waals surface area contributed by atoms with Crippen LogP contribution in [0.15, 0.2) is 24.3 Å². The van der Waals surface area contributed by atoms with E-state index in [2.05, 4.69) is 11.9 Å². The number of hydrogen-bond donors (Lipinski definition) is 0. The Hall–Kier alpha value is -1.26. The van der Waals surface area contributed by atoms with Gasteiger partial charge in [0.25, 0.3) is 0 Å². The maximum Gasteiger partial charge on any atom is 0.338 e. The number of benzene rings is 1. The molecule has 0 aliphatic carbocycles. The van der Waals surface area contributed by atoms with E-state index in [0.717, 1.165) is 31.7 Å². The summed E-state index contributed by atoms with van der Waals surface area (Å²) < 4.78 is 10.5. The lowest BCUT2D eigenvalue weighted by molar-refractivity contribution is 0.0139. The molecule has 1 aromatic rings. The zero-order valence-electron chi connectivity index (χ0n) is 11.3. The molecule has 0 radical (unpaired) electrons. The average Bonchev–Trinajstić information content (AvgIpc) is 2.41. The van der Waals surface area contributed by atoms with Crippen molar-refractivity contribution in [1.82, 2.24) is 4.90 Å². The van der Waals surface area contributed by atoms with Gasteiger partial charge in [-0.2, -0.15) is 0 Å². The third-order valence-electron chi connectivity index (χ3n) is 3.27. The Morgan fingerprint density at radius 1 is 1.21 bits per heavy atom. The number of carbonyl (C=O) groups excluding carboxylic acids is 1. The van der Waals surface area contributed by atoms with E-state index in [1.54, 1.807) is 31.4 Å². The second-order valence-electron chi connectivity index (χ2n) is 4.64. The van der Waals surface area contributed by atoms with Crippen molar-refractivity contribution in [3.8, 4) is 5.75 Å². The number of methoxy groups -OCH3 is 1. The molecule has 4 nitrogen and oxygen atoms in total. The van der Waals surface area contributed by atoms with Crippen LogP contribution in [0.1, 0.15) is 23.2 Å². The number of rotatable bonds is 3. The number of halogens is 1. The highest BCUT2D eigenvalue weighted by molar-refractivity contribution is 5.89. The molecule has 0 amide bonds. The number of piperidine rings is 1. The molecule has 106 valence electrons. The number of likely N-dealkylation sites (tertiary alicyclic amines) is 1. The molecule has 0 saturated carbocycles. The van der Waals surface area contributed by atoms with Crippen LogP contribution in [0.5, 0.6) is 5.75 Å². The Morgan fingerprint density at radius 2 is 1.79 bits per heavy atom. The number of esters is 1. The van der Waals surface area contributed by atoms with Crippen molar-refractivity contribution in [2.75, 3.05) is 27.2 Å². The summed E-state index contributed by atoms with van der Waals surface area (Å²) in [4.78, 5) is 14.2. The van der Waals surface area contributed by atoms with Crippen LogP contribution in [0.25, 0.3) is 0 Å². The van der Waals surface area contributed by atoms with E-state index in [9.17, 15) is 4.79 Å². The molecule has 19 heavy (non-hydrogen) atoms. The molecule has 0 spiro atoms. The number of nitrogens with zero attached hydrogens (tertiary/aromatic N) is 1. The fourth-order valence-electron chi connectivity index (χ4n) is 2.05. The first-order valence-corrected chi connectivity index (χ1v) is 6.22. The van der Waals surface area contributed by atoms with Crippen LogP contribution < -0.4 is 4.74 Å². The minimum absolute atomic E-state index is 0. The van der Waals surface area contributed by atoms with Crippen molar-refractivity contribution in [2.45, 2.75) is 18.9 Å². The average molecular weight is 286 g/mol. The van der Waals surface area contributed by atoms with Crippen molar-refractivity contribution in [3.05, 3.63) is 29.8 Å². The van der Waals surface area contributed by atoms with Gasteiger partial charge in [0.15, 0.2) is 0 Å². The van der Waals surface area contributed by atoms with Gasteiger partial charge in [0.2, 0.25) is 0 Å². The molecule has 2 rings (SSSR count). The largest absolute Gasteiger partial charge is 0.497 e. The zero-order chi connectivity index (χ0) is 13.0. The summed E-state index contributed by atoms with van der Waals surface area (Å²) in [6.45, 7) is 1.97. The van der Waals surface area contributed by atoms with Crippen LogP contribution in [0.3, 0.4) is 0 Å². The third kappa shape index (κ3) is 4.40. The van der Waals surface area contributed by atoms with Crippen molar-refractivity contribution < 1.29 is 14.3 Å². The minimum Gasteiger partial charge on any atom is -0.497 e. The van der Waals surface area contributed by atoms with E-state index in [1.165, 1.54) is 0 Å². The van der Waals surface area contributed by atoms with Crippen LogP contribution >= 0.6 is 12.4 Å². The predicted molar refractivity (Wildman–Crippen MR) is 76.2 cm³/mol. The highest BCUT2D eigenvalue weighted by Crippen LogP contribution is 2.16. The first-order chi connectivity index (χ1) is 8.69. The van der Waals surface area contributed by atoms with Gasteiger partial charge in [-0.1, -0.05) is 0 Å². The zero-order valence-corrected chi connectivity index (χ0v) is 12.1. The van der Waals surface area contributed by atoms with Gasteiger partial charge < -0.3 is 14.4 Å². The lowest BCUT2D eigenvalue weighted by atomic mass is 10.1. The summed E-state index contributed by atoms with van der Waals surface area (Å²) in [6.07, 6.45) is 1.88. The molecule has 1 aromatic carbocycles. The quantitative estimate of drug-likeness (QED) is 0.799. The highest BCUT2D eigenvalue weighted by atomic mass is 35.5. The van der Waals surface area contributed by atoms with Gasteiger partial charge in [-0.25, -0.2) is 4.79 Å². The van der Waals surface area contributed by atoms with Gasteiger partial charge in [-0.15, -0.1) is 12.4 Å². The molecule has 1 heterocycles. The predicted octanol–water partition coefficient (Wildman–Crippen LogP) is 2.37. The summed E-state index contributed by atoms with van der Waals surface area (Å²) >= 11 is 0. The molecule has 0 N–H and O–H groups in total. The maximum atomic E-state index is 11.9. The summed E-state index contributed by atoms with van der Waals surface area (Å²) in [5.74, 6) is 0.498. The molecular formula is C14H20ClNO3.